The van der Waals surface area contributed by atoms with Crippen LogP contribution in [0, 0.1) is 28.1 Å². The molecule has 11 atom stereocenters. The van der Waals surface area contributed by atoms with Crippen LogP contribution in [0.2, 0.25) is 0 Å². The Hall–Kier alpha value is -13.3. The summed E-state index contributed by atoms with van der Waals surface area (Å²) in [5, 5.41) is 67.6. The molecule has 29 N–H and O–H groups in total. The van der Waals surface area contributed by atoms with Gasteiger partial charge in [-0.15, -0.1) is 0 Å². The third kappa shape index (κ3) is 36.6. The van der Waals surface area contributed by atoms with Crippen molar-refractivity contribution in [3.05, 3.63) is 173 Å². The Bertz CT molecular complexity index is 4250. The van der Waals surface area contributed by atoms with Gasteiger partial charge in [0.05, 0.1) is 31.0 Å². The second kappa shape index (κ2) is 50.9. The van der Waals surface area contributed by atoms with Gasteiger partial charge in [-0.3, -0.25) is 78.6 Å². The van der Waals surface area contributed by atoms with Crippen molar-refractivity contribution >= 4 is 108 Å². The maximum Gasteiger partial charge on any atom is 0.286 e. The van der Waals surface area contributed by atoms with E-state index in [1.807, 2.05) is 6.92 Å². The summed E-state index contributed by atoms with van der Waals surface area (Å²) < 4.78 is 0. The van der Waals surface area contributed by atoms with Crippen molar-refractivity contribution in [1.82, 2.24) is 69.0 Å². The quantitative estimate of drug-likeness (QED) is 0.00807. The number of Topliss-reactive ketones (excluding diaryl/α,β-unsaturated/α-hetero) is 1. The smallest absolute Gasteiger partial charge is 0.286 e. The van der Waals surface area contributed by atoms with Crippen LogP contribution in [-0.2, 0) is 99.2 Å². The molecule has 0 aliphatic heterocycles. The summed E-state index contributed by atoms with van der Waals surface area (Å²) in [6, 6.07) is 25.1. The molecular formula is C81H113BN22O15. The molecule has 37 nitrogen and oxygen atoms in total. The Labute approximate surface area is 691 Å². The highest BCUT2D eigenvalue weighted by Gasteiger charge is 2.38. The zero-order chi connectivity index (χ0) is 87.5. The summed E-state index contributed by atoms with van der Waals surface area (Å²) in [5.41, 5.74) is 35.7. The molecule has 0 radical (unpaired) electrons. The summed E-state index contributed by atoms with van der Waals surface area (Å²) in [5.74, 6) is -15.1. The lowest BCUT2D eigenvalue weighted by Crippen LogP contribution is -2.60. The lowest BCUT2D eigenvalue weighted by molar-refractivity contribution is -0.137. The minimum absolute atomic E-state index is 0.00644. The molecule has 0 fully saturated rings. The lowest BCUT2D eigenvalue weighted by atomic mass is 9.79. The van der Waals surface area contributed by atoms with Gasteiger partial charge in [0.25, 0.3) is 7.41 Å². The Morgan fingerprint density at radius 3 is 1.07 bits per heavy atom. The van der Waals surface area contributed by atoms with Gasteiger partial charge in [-0.1, -0.05) is 154 Å². The van der Waals surface area contributed by atoms with E-state index in [1.54, 1.807) is 147 Å². The molecule has 0 heterocycles. The molecule has 38 heteroatoms. The van der Waals surface area contributed by atoms with Crippen LogP contribution >= 0.6 is 0 Å². The highest BCUT2D eigenvalue weighted by Crippen LogP contribution is 2.21. The number of phenolic OH excluding ortho intramolecular Hbond substituents is 1. The molecular weight excluding hydrogens is 1530 g/mol. The first-order valence-electron chi connectivity index (χ1n) is 39.2. The largest absolute Gasteiger partial charge is 0.508 e. The fraction of sp³-hybridized carbons (Fsp3) is 0.420. The molecule has 0 aliphatic rings. The SMILES string of the molecule is CCCC(=O)N[C@@H](Cc1ccccc1)C(=O)N[C@@H](CCCNC(=N)N)C(=O)BNC(Cc1ccc(O)cc1)C(=O)N[C@@H](Cc1ccccc1)C(=O)CC(C(=O)N[C@@H](CC(N)=O)C(=O)N[C@@H](Cc1ccccc1)C(=O)N[C@@H](CCCNC(=N)N)C(=O)N[C@@H](CC(N)=O)C(=O)N[C@@H](Cc1ccccc1)C(=O)N[C@@H](CCCNC(=N)N)C(N)=O)C(C)C. The minimum Gasteiger partial charge on any atom is -0.508 e. The van der Waals surface area contributed by atoms with E-state index in [2.05, 4.69) is 69.0 Å². The van der Waals surface area contributed by atoms with Gasteiger partial charge in [-0.05, 0) is 104 Å². The van der Waals surface area contributed by atoms with Crippen molar-refractivity contribution in [2.45, 2.75) is 184 Å². The van der Waals surface area contributed by atoms with Crippen molar-refractivity contribution < 1.29 is 72.2 Å². The standard InChI is InChI=1S/C81H113BN22O15/c1-4-20-68(109)95-59(40-49-23-11-6-12-24-49)73(114)96-55(29-17-36-92-79(86)87)69(110)82-104-64(43-52-32-34-53(105)35-33-52)78(119)99-58(39-48-21-9-5-10-22-48)65(106)44-54(47(2)3)71(112)100-62(45-66(83)107)76(117)102-61(42-51-27-15-8-16-28-51)75(116)98-57(31-19-38-94-81(90)91)72(113)103-63(46-67(84)108)77(118)101-60(41-50-25-13-7-14-26-50)74(115)97-56(70(85)111)30-18-37-93-80(88)89/h5-16,21-28,32-35,47,54-64,82,104-105H,4,17-20,29-31,36-46H2,1-3H3,(H2,83,107)(H2,84,108)(H2,85,111)(H,95,109)(H,96,114)(H,97,115)(H,98,116)(H,99,119)(H,100,112)(H,101,118)(H,102,117)(H,103,113)(H4,86,87,92)(H4,88,89,93)(H4,90,91,94)/t54?,55-,56-,57-,58-,59-,60-,61-,62-,63-,64?/m0/s1. The van der Waals surface area contributed by atoms with Gasteiger partial charge < -0.3 is 113 Å². The average molecular weight is 1650 g/mol. The summed E-state index contributed by atoms with van der Waals surface area (Å²) >= 11 is 0. The number of carbonyl (C=O) groups is 14. The van der Waals surface area contributed by atoms with E-state index >= 15 is 9.59 Å². The summed E-state index contributed by atoms with van der Waals surface area (Å²) in [6.07, 6.45) is -2.23. The number of carbonyl (C=O) groups excluding carboxylic acids is 14. The highest BCUT2D eigenvalue weighted by atomic mass is 16.3. The number of primary amides is 3. The van der Waals surface area contributed by atoms with Gasteiger partial charge >= 0.3 is 0 Å². The maximum absolute atomic E-state index is 15.1. The summed E-state index contributed by atoms with van der Waals surface area (Å²) in [4.78, 5) is 198. The van der Waals surface area contributed by atoms with E-state index in [0.29, 0.717) is 28.7 Å². The molecule has 0 saturated carbocycles. The number of hydrogen-bond donors (Lipinski definition) is 23. The molecule has 12 amide bonds. The fourth-order valence-corrected chi connectivity index (χ4v) is 12.7. The Morgan fingerprint density at radius 2 is 0.672 bits per heavy atom. The van der Waals surface area contributed by atoms with E-state index in [4.69, 9.17) is 50.6 Å². The van der Waals surface area contributed by atoms with Crippen molar-refractivity contribution in [2.75, 3.05) is 19.6 Å². The third-order valence-corrected chi connectivity index (χ3v) is 19.0. The molecule has 119 heavy (non-hydrogen) atoms. The highest BCUT2D eigenvalue weighted by molar-refractivity contribution is 6.73. The number of benzene rings is 5. The molecule has 2 unspecified atom stereocenters. The van der Waals surface area contributed by atoms with E-state index in [-0.39, 0.29) is 120 Å². The number of nitrogens with one attached hydrogen (secondary N) is 16. The van der Waals surface area contributed by atoms with Gasteiger partial charge in [-0.2, -0.15) is 0 Å². The predicted octanol–water partition coefficient (Wildman–Crippen LogP) is -2.84. The lowest BCUT2D eigenvalue weighted by Gasteiger charge is -2.28. The number of aromatic hydroxyl groups is 1. The average Bonchev–Trinajstić information content (AvgIpc) is 0.850. The van der Waals surface area contributed by atoms with Crippen LogP contribution in [0.1, 0.15) is 119 Å². The van der Waals surface area contributed by atoms with Crippen LogP contribution in [0.4, 0.5) is 0 Å². The number of rotatable bonds is 54. The fourth-order valence-electron chi connectivity index (χ4n) is 12.7. The molecule has 5 aromatic rings. The van der Waals surface area contributed by atoms with Crippen LogP contribution in [0.5, 0.6) is 5.75 Å². The van der Waals surface area contributed by atoms with E-state index in [9.17, 15) is 62.6 Å². The Balaban J connectivity index is 1.43. The predicted molar refractivity (Wildman–Crippen MR) is 446 cm³/mol. The number of amides is 12. The molecule has 0 aromatic heterocycles. The van der Waals surface area contributed by atoms with Crippen molar-refractivity contribution in [3.63, 3.8) is 0 Å². The topological polar surface area (TPSA) is 643 Å². The molecule has 640 valence electrons. The van der Waals surface area contributed by atoms with Gasteiger partial charge in [0, 0.05) is 57.7 Å². The summed E-state index contributed by atoms with van der Waals surface area (Å²) in [6.45, 7) is 5.27. The van der Waals surface area contributed by atoms with Crippen molar-refractivity contribution in [2.24, 2.45) is 46.2 Å². The molecule has 0 aliphatic carbocycles. The monoisotopic (exact) mass is 1640 g/mol. The zero-order valence-corrected chi connectivity index (χ0v) is 67.1. The third-order valence-electron chi connectivity index (χ3n) is 19.0. The van der Waals surface area contributed by atoms with Gasteiger partial charge in [-0.25, -0.2) is 0 Å². The Morgan fingerprint density at radius 1 is 0.361 bits per heavy atom. The molecule has 0 saturated heterocycles. The van der Waals surface area contributed by atoms with Crippen LogP contribution in [0.25, 0.3) is 0 Å². The second-order valence-corrected chi connectivity index (χ2v) is 29.1. The number of hydrogen-bond acceptors (Lipinski definition) is 19. The first kappa shape index (κ1) is 96.3. The van der Waals surface area contributed by atoms with Crippen molar-refractivity contribution in [1.29, 1.82) is 16.2 Å². The maximum atomic E-state index is 15.1. The Kier molecular flexibility index (Phi) is 41.2. The van der Waals surface area contributed by atoms with E-state index in [1.165, 1.54) is 12.1 Å². The first-order valence-corrected chi connectivity index (χ1v) is 39.2. The van der Waals surface area contributed by atoms with E-state index < -0.39 is 181 Å². The van der Waals surface area contributed by atoms with E-state index in [0.717, 1.165) is 5.56 Å². The van der Waals surface area contributed by atoms with Crippen LogP contribution in [0.15, 0.2) is 146 Å². The summed E-state index contributed by atoms with van der Waals surface area (Å²) in [7, 11) is -0.546. The minimum atomic E-state index is -1.85. The second-order valence-electron chi connectivity index (χ2n) is 29.1. The molecule has 0 bridgehead atoms. The molecule has 0 spiro atoms. The van der Waals surface area contributed by atoms with Gasteiger partial charge in [0.2, 0.25) is 70.9 Å². The van der Waals surface area contributed by atoms with Gasteiger partial charge in [0.15, 0.2) is 23.7 Å². The number of phenols is 1. The van der Waals surface area contributed by atoms with Crippen LogP contribution in [-0.4, -0.2) is 193 Å². The normalized spacial score (nSPS) is 13.7. The first-order chi connectivity index (χ1) is 56.7. The number of ketones is 1. The number of nitrogens with two attached hydrogens (primary N) is 6. The molecule has 5 rings (SSSR count). The van der Waals surface area contributed by atoms with Crippen LogP contribution in [0.3, 0.4) is 0 Å². The molecule has 5 aromatic carbocycles. The zero-order valence-electron chi connectivity index (χ0n) is 67.1. The van der Waals surface area contributed by atoms with Crippen molar-refractivity contribution in [3.8, 4) is 5.75 Å². The van der Waals surface area contributed by atoms with Gasteiger partial charge in [0.1, 0.15) is 53.7 Å². The number of guanidine groups is 3. The van der Waals surface area contributed by atoms with Crippen LogP contribution < -0.4 is 103 Å².